The van der Waals surface area contributed by atoms with E-state index < -0.39 is 0 Å². The molecule has 1 aromatic rings. The first kappa shape index (κ1) is 15.6. The third-order valence-electron chi connectivity index (χ3n) is 3.66. The van der Waals surface area contributed by atoms with Gasteiger partial charge in [-0.2, -0.15) is 0 Å². The SMILES string of the molecule is CC(NCCC(=O)N1CCCC1)C(=O)NCc1ccco1. The number of amides is 2. The molecule has 116 valence electrons. The van der Waals surface area contributed by atoms with Gasteiger partial charge in [0.05, 0.1) is 18.8 Å². The maximum absolute atomic E-state index is 11.9. The van der Waals surface area contributed by atoms with Gasteiger partial charge in [0.25, 0.3) is 0 Å². The van der Waals surface area contributed by atoms with E-state index in [2.05, 4.69) is 10.6 Å². The molecule has 2 N–H and O–H groups in total. The zero-order valence-electron chi connectivity index (χ0n) is 12.4. The quantitative estimate of drug-likeness (QED) is 0.783. The van der Waals surface area contributed by atoms with Crippen molar-refractivity contribution in [1.29, 1.82) is 0 Å². The Morgan fingerprint density at radius 2 is 2.14 bits per heavy atom. The molecule has 6 nitrogen and oxygen atoms in total. The summed E-state index contributed by atoms with van der Waals surface area (Å²) >= 11 is 0. The molecule has 0 bridgehead atoms. The van der Waals surface area contributed by atoms with Crippen molar-refractivity contribution in [3.05, 3.63) is 24.2 Å². The lowest BCUT2D eigenvalue weighted by Gasteiger charge is -2.17. The van der Waals surface area contributed by atoms with E-state index in [-0.39, 0.29) is 17.9 Å². The Morgan fingerprint density at radius 3 is 2.81 bits per heavy atom. The van der Waals surface area contributed by atoms with E-state index in [0.717, 1.165) is 31.7 Å². The summed E-state index contributed by atoms with van der Waals surface area (Å²) in [6.45, 7) is 4.43. The van der Waals surface area contributed by atoms with E-state index in [4.69, 9.17) is 4.42 Å². The molecule has 6 heteroatoms. The first-order valence-corrected chi connectivity index (χ1v) is 7.48. The van der Waals surface area contributed by atoms with Crippen LogP contribution in [-0.4, -0.2) is 42.4 Å². The fraction of sp³-hybridized carbons (Fsp3) is 0.600. The molecule has 1 saturated heterocycles. The van der Waals surface area contributed by atoms with Crippen LogP contribution in [0.25, 0.3) is 0 Å². The predicted molar refractivity (Wildman–Crippen MR) is 78.5 cm³/mol. The average molecular weight is 293 g/mol. The average Bonchev–Trinajstić information content (AvgIpc) is 3.17. The maximum atomic E-state index is 11.9. The van der Waals surface area contributed by atoms with Gasteiger partial charge in [-0.1, -0.05) is 0 Å². The van der Waals surface area contributed by atoms with Gasteiger partial charge in [-0.3, -0.25) is 9.59 Å². The lowest BCUT2D eigenvalue weighted by atomic mass is 10.3. The molecule has 2 heterocycles. The summed E-state index contributed by atoms with van der Waals surface area (Å²) in [5, 5.41) is 5.86. The number of hydrogen-bond donors (Lipinski definition) is 2. The van der Waals surface area contributed by atoms with Crippen LogP contribution in [0, 0.1) is 0 Å². The second-order valence-electron chi connectivity index (χ2n) is 5.31. The predicted octanol–water partition coefficient (Wildman–Crippen LogP) is 0.886. The topological polar surface area (TPSA) is 74.6 Å². The molecule has 0 aliphatic carbocycles. The van der Waals surface area contributed by atoms with E-state index in [1.165, 1.54) is 0 Å². The molecule has 1 unspecified atom stereocenters. The van der Waals surface area contributed by atoms with Crippen LogP contribution >= 0.6 is 0 Å². The van der Waals surface area contributed by atoms with Crippen molar-refractivity contribution in [2.24, 2.45) is 0 Å². The minimum Gasteiger partial charge on any atom is -0.467 e. The van der Waals surface area contributed by atoms with Crippen molar-refractivity contribution in [2.75, 3.05) is 19.6 Å². The monoisotopic (exact) mass is 293 g/mol. The van der Waals surface area contributed by atoms with Gasteiger partial charge in [0.15, 0.2) is 0 Å². The Labute approximate surface area is 124 Å². The van der Waals surface area contributed by atoms with Crippen LogP contribution in [0.15, 0.2) is 22.8 Å². The molecule has 1 atom stereocenters. The van der Waals surface area contributed by atoms with E-state index in [1.54, 1.807) is 19.3 Å². The number of nitrogens with one attached hydrogen (secondary N) is 2. The molecule has 2 amide bonds. The Hall–Kier alpha value is -1.82. The summed E-state index contributed by atoms with van der Waals surface area (Å²) in [5.74, 6) is 0.794. The van der Waals surface area contributed by atoms with Gasteiger partial charge in [-0.25, -0.2) is 0 Å². The fourth-order valence-electron chi connectivity index (χ4n) is 2.35. The van der Waals surface area contributed by atoms with Crippen LogP contribution in [-0.2, 0) is 16.1 Å². The van der Waals surface area contributed by atoms with E-state index in [9.17, 15) is 9.59 Å². The number of nitrogens with zero attached hydrogens (tertiary/aromatic N) is 1. The molecule has 0 radical (unpaired) electrons. The molecule has 1 fully saturated rings. The van der Waals surface area contributed by atoms with Crippen LogP contribution in [0.3, 0.4) is 0 Å². The zero-order valence-corrected chi connectivity index (χ0v) is 12.4. The van der Waals surface area contributed by atoms with Crippen molar-refractivity contribution in [1.82, 2.24) is 15.5 Å². The summed E-state index contributed by atoms with van der Waals surface area (Å²) in [4.78, 5) is 25.6. The molecule has 0 aromatic carbocycles. The molecular formula is C15H23N3O3. The van der Waals surface area contributed by atoms with Gasteiger partial charge in [0.1, 0.15) is 5.76 Å². The Kier molecular flexibility index (Phi) is 5.80. The Morgan fingerprint density at radius 1 is 1.38 bits per heavy atom. The second kappa shape index (κ2) is 7.83. The highest BCUT2D eigenvalue weighted by molar-refractivity contribution is 5.81. The summed E-state index contributed by atoms with van der Waals surface area (Å²) in [5.41, 5.74) is 0. The normalized spacial score (nSPS) is 16.0. The largest absolute Gasteiger partial charge is 0.467 e. The van der Waals surface area contributed by atoms with E-state index in [0.29, 0.717) is 19.5 Å². The lowest BCUT2D eigenvalue weighted by Crippen LogP contribution is -2.43. The van der Waals surface area contributed by atoms with Crippen molar-refractivity contribution < 1.29 is 14.0 Å². The summed E-state index contributed by atoms with van der Waals surface area (Å²) in [7, 11) is 0. The fourth-order valence-corrected chi connectivity index (χ4v) is 2.35. The summed E-state index contributed by atoms with van der Waals surface area (Å²) in [6, 6.07) is 3.27. The molecular weight excluding hydrogens is 270 g/mol. The second-order valence-corrected chi connectivity index (χ2v) is 5.31. The minimum absolute atomic E-state index is 0.0972. The van der Waals surface area contributed by atoms with E-state index in [1.807, 2.05) is 11.0 Å². The van der Waals surface area contributed by atoms with Crippen molar-refractivity contribution in [3.8, 4) is 0 Å². The Balaban J connectivity index is 1.60. The first-order chi connectivity index (χ1) is 10.2. The molecule has 1 aliphatic heterocycles. The van der Waals surface area contributed by atoms with Gasteiger partial charge < -0.3 is 20.0 Å². The van der Waals surface area contributed by atoms with Crippen molar-refractivity contribution >= 4 is 11.8 Å². The molecule has 0 spiro atoms. The highest BCUT2D eigenvalue weighted by Crippen LogP contribution is 2.08. The molecule has 0 saturated carbocycles. The number of furan rings is 1. The number of rotatable bonds is 7. The smallest absolute Gasteiger partial charge is 0.237 e. The van der Waals surface area contributed by atoms with Gasteiger partial charge in [0.2, 0.25) is 11.8 Å². The van der Waals surface area contributed by atoms with Gasteiger partial charge in [-0.15, -0.1) is 0 Å². The van der Waals surface area contributed by atoms with Gasteiger partial charge in [0, 0.05) is 26.1 Å². The van der Waals surface area contributed by atoms with Crippen LogP contribution < -0.4 is 10.6 Å². The van der Waals surface area contributed by atoms with Crippen LogP contribution in [0.1, 0.15) is 31.9 Å². The minimum atomic E-state index is -0.327. The molecule has 2 rings (SSSR count). The highest BCUT2D eigenvalue weighted by atomic mass is 16.3. The van der Waals surface area contributed by atoms with E-state index >= 15 is 0 Å². The highest BCUT2D eigenvalue weighted by Gasteiger charge is 2.18. The first-order valence-electron chi connectivity index (χ1n) is 7.48. The standard InChI is InChI=1S/C15H23N3O3/c1-12(15(20)17-11-13-5-4-10-21-13)16-7-6-14(19)18-8-2-3-9-18/h4-5,10,12,16H,2-3,6-9,11H2,1H3,(H,17,20). The summed E-state index contributed by atoms with van der Waals surface area (Å²) in [6.07, 6.45) is 4.22. The van der Waals surface area contributed by atoms with Crippen LogP contribution in [0.2, 0.25) is 0 Å². The Bertz CT molecular complexity index is 453. The zero-order chi connectivity index (χ0) is 15.1. The third kappa shape index (κ3) is 4.90. The number of carbonyl (C=O) groups excluding carboxylic acids is 2. The lowest BCUT2D eigenvalue weighted by molar-refractivity contribution is -0.130. The maximum Gasteiger partial charge on any atom is 0.237 e. The summed E-state index contributed by atoms with van der Waals surface area (Å²) < 4.78 is 5.15. The van der Waals surface area contributed by atoms with Crippen molar-refractivity contribution in [2.45, 2.75) is 38.8 Å². The van der Waals surface area contributed by atoms with Crippen LogP contribution in [0.5, 0.6) is 0 Å². The third-order valence-corrected chi connectivity index (χ3v) is 3.66. The van der Waals surface area contributed by atoms with Crippen LogP contribution in [0.4, 0.5) is 0 Å². The molecule has 1 aliphatic rings. The number of carbonyl (C=O) groups is 2. The molecule has 1 aromatic heterocycles. The number of hydrogen-bond acceptors (Lipinski definition) is 4. The van der Waals surface area contributed by atoms with Crippen molar-refractivity contribution in [3.63, 3.8) is 0 Å². The molecule has 21 heavy (non-hydrogen) atoms. The van der Waals surface area contributed by atoms with Gasteiger partial charge >= 0.3 is 0 Å². The van der Waals surface area contributed by atoms with Gasteiger partial charge in [-0.05, 0) is 31.9 Å². The number of likely N-dealkylation sites (tertiary alicyclic amines) is 1.